The van der Waals surface area contributed by atoms with Crippen LogP contribution in [0.5, 0.6) is 0 Å². The molecule has 1 N–H and O–H groups in total. The number of nitrogens with zero attached hydrogens (tertiary/aromatic N) is 3. The van der Waals surface area contributed by atoms with Gasteiger partial charge in [-0.25, -0.2) is 0 Å². The Morgan fingerprint density at radius 2 is 2.32 bits per heavy atom. The number of thioether (sulfide) groups is 1. The zero-order valence-electron chi connectivity index (χ0n) is 10.9. The number of halogens is 1. The minimum absolute atomic E-state index is 0.0393. The first-order valence-electron chi connectivity index (χ1n) is 5.76. The lowest BCUT2D eigenvalue weighted by Crippen LogP contribution is -2.38. The van der Waals surface area contributed by atoms with E-state index in [9.17, 15) is 9.59 Å². The highest BCUT2D eigenvalue weighted by atomic mass is 35.5. The molecule has 1 aromatic heterocycles. The van der Waals surface area contributed by atoms with E-state index in [4.69, 9.17) is 11.6 Å². The van der Waals surface area contributed by atoms with Gasteiger partial charge in [-0.05, 0) is 6.92 Å². The van der Waals surface area contributed by atoms with Crippen LogP contribution in [0.25, 0.3) is 0 Å². The summed E-state index contributed by atoms with van der Waals surface area (Å²) in [5, 5.41) is 7.03. The fourth-order valence-electron chi connectivity index (χ4n) is 2.02. The van der Waals surface area contributed by atoms with Crippen LogP contribution in [0.3, 0.4) is 0 Å². The molecular formula is C11H15ClN4O2S. The van der Waals surface area contributed by atoms with Crippen LogP contribution in [0, 0.1) is 6.92 Å². The summed E-state index contributed by atoms with van der Waals surface area (Å²) in [7, 11) is 3.30. The van der Waals surface area contributed by atoms with E-state index >= 15 is 0 Å². The normalized spacial score (nSPS) is 19.1. The number of aromatic nitrogens is 2. The summed E-state index contributed by atoms with van der Waals surface area (Å²) in [6.07, 6.45) is 0. The smallest absolute Gasteiger partial charge is 0.239 e. The average Bonchev–Trinajstić information content (AvgIpc) is 2.82. The fraction of sp³-hybridized carbons (Fsp3) is 0.545. The Balaban J connectivity index is 2.32. The van der Waals surface area contributed by atoms with E-state index < -0.39 is 0 Å². The van der Waals surface area contributed by atoms with Crippen molar-refractivity contribution in [3.8, 4) is 0 Å². The minimum Gasteiger partial charge on any atom is -0.358 e. The third-order valence-electron chi connectivity index (χ3n) is 3.00. The standard InChI is InChI=1S/C11H15ClN4O2S/c1-6-9(10(12)15(3)14-6)11-16(4-7(17)13-2)8(18)5-19-11/h11H,4-5H2,1-3H3,(H,13,17). The van der Waals surface area contributed by atoms with Gasteiger partial charge in [-0.2, -0.15) is 5.10 Å². The Bertz CT molecular complexity index is 531. The number of likely N-dealkylation sites (N-methyl/N-ethyl adjacent to an activating group) is 1. The quantitative estimate of drug-likeness (QED) is 0.892. The van der Waals surface area contributed by atoms with Crippen molar-refractivity contribution in [2.75, 3.05) is 19.3 Å². The molecule has 0 saturated carbocycles. The van der Waals surface area contributed by atoms with Gasteiger partial charge in [-0.15, -0.1) is 11.8 Å². The zero-order chi connectivity index (χ0) is 14.2. The maximum absolute atomic E-state index is 11.9. The molecule has 1 aliphatic heterocycles. The van der Waals surface area contributed by atoms with Gasteiger partial charge in [0, 0.05) is 19.7 Å². The van der Waals surface area contributed by atoms with Gasteiger partial charge in [0.15, 0.2) is 0 Å². The van der Waals surface area contributed by atoms with Crippen LogP contribution >= 0.6 is 23.4 Å². The molecule has 0 radical (unpaired) electrons. The van der Waals surface area contributed by atoms with Crippen LogP contribution in [0.4, 0.5) is 0 Å². The summed E-state index contributed by atoms with van der Waals surface area (Å²) in [4.78, 5) is 24.9. The lowest BCUT2D eigenvalue weighted by molar-refractivity contribution is -0.133. The highest BCUT2D eigenvalue weighted by Crippen LogP contribution is 2.42. The van der Waals surface area contributed by atoms with E-state index in [0.29, 0.717) is 10.9 Å². The van der Waals surface area contributed by atoms with E-state index in [2.05, 4.69) is 10.4 Å². The monoisotopic (exact) mass is 302 g/mol. The lowest BCUT2D eigenvalue weighted by atomic mass is 10.2. The van der Waals surface area contributed by atoms with Gasteiger partial charge >= 0.3 is 0 Å². The SMILES string of the molecule is CNC(=O)CN1C(=O)CSC1c1c(C)nn(C)c1Cl. The maximum Gasteiger partial charge on any atom is 0.239 e. The first-order chi connectivity index (χ1) is 8.95. The summed E-state index contributed by atoms with van der Waals surface area (Å²) in [5.74, 6) is 0.100. The summed E-state index contributed by atoms with van der Waals surface area (Å²) < 4.78 is 1.58. The molecule has 2 heterocycles. The summed E-state index contributed by atoms with van der Waals surface area (Å²) in [5.41, 5.74) is 1.59. The average molecular weight is 303 g/mol. The number of hydrogen-bond donors (Lipinski definition) is 1. The molecule has 104 valence electrons. The Morgan fingerprint density at radius 1 is 1.63 bits per heavy atom. The Hall–Kier alpha value is -1.21. The van der Waals surface area contributed by atoms with Crippen molar-refractivity contribution in [1.29, 1.82) is 0 Å². The predicted molar refractivity (Wildman–Crippen MR) is 73.9 cm³/mol. The van der Waals surface area contributed by atoms with Gasteiger partial charge < -0.3 is 10.2 Å². The number of rotatable bonds is 3. The fourth-order valence-corrected chi connectivity index (χ4v) is 3.65. The minimum atomic E-state index is -0.244. The van der Waals surface area contributed by atoms with E-state index in [1.54, 1.807) is 23.7 Å². The molecule has 6 nitrogen and oxygen atoms in total. The van der Waals surface area contributed by atoms with E-state index in [1.807, 2.05) is 6.92 Å². The summed E-state index contributed by atoms with van der Waals surface area (Å²) >= 11 is 7.69. The van der Waals surface area contributed by atoms with Crippen LogP contribution in [-0.2, 0) is 16.6 Å². The molecule has 1 unspecified atom stereocenters. The molecule has 1 aromatic rings. The van der Waals surface area contributed by atoms with Crippen LogP contribution in [0.2, 0.25) is 5.15 Å². The van der Waals surface area contributed by atoms with E-state index in [0.717, 1.165) is 11.3 Å². The zero-order valence-corrected chi connectivity index (χ0v) is 12.5. The lowest BCUT2D eigenvalue weighted by Gasteiger charge is -2.23. The molecule has 1 saturated heterocycles. The van der Waals surface area contributed by atoms with Gasteiger partial charge in [0.2, 0.25) is 11.8 Å². The number of amides is 2. The Labute approximate surface area is 120 Å². The predicted octanol–water partition coefficient (Wildman–Crippen LogP) is 0.702. The van der Waals surface area contributed by atoms with Crippen LogP contribution in [0.15, 0.2) is 0 Å². The number of nitrogens with one attached hydrogen (secondary N) is 1. The Morgan fingerprint density at radius 3 is 2.84 bits per heavy atom. The van der Waals surface area contributed by atoms with Gasteiger partial charge in [0.1, 0.15) is 17.1 Å². The third kappa shape index (κ3) is 2.57. The number of aryl methyl sites for hydroxylation is 2. The molecule has 0 bridgehead atoms. The number of carbonyl (C=O) groups is 2. The molecule has 1 aliphatic rings. The second-order valence-corrected chi connectivity index (χ2v) is 5.70. The molecule has 0 aliphatic carbocycles. The maximum atomic E-state index is 11.9. The van der Waals surface area contributed by atoms with Gasteiger partial charge in [0.05, 0.1) is 11.4 Å². The second kappa shape index (κ2) is 5.42. The molecule has 8 heteroatoms. The van der Waals surface area contributed by atoms with E-state index in [1.165, 1.54) is 11.8 Å². The molecule has 19 heavy (non-hydrogen) atoms. The molecule has 2 rings (SSSR count). The molecule has 0 aromatic carbocycles. The summed E-state index contributed by atoms with van der Waals surface area (Å²) in [6.45, 7) is 1.89. The van der Waals surface area contributed by atoms with Crippen molar-refractivity contribution in [2.45, 2.75) is 12.3 Å². The topological polar surface area (TPSA) is 67.2 Å². The van der Waals surface area contributed by atoms with Gasteiger partial charge in [0.25, 0.3) is 0 Å². The van der Waals surface area contributed by atoms with E-state index in [-0.39, 0.29) is 23.7 Å². The van der Waals surface area contributed by atoms with Crippen molar-refractivity contribution < 1.29 is 9.59 Å². The van der Waals surface area contributed by atoms with Crippen molar-refractivity contribution in [3.05, 3.63) is 16.4 Å². The molecular weight excluding hydrogens is 288 g/mol. The largest absolute Gasteiger partial charge is 0.358 e. The summed E-state index contributed by atoms with van der Waals surface area (Å²) in [6, 6.07) is 0. The van der Waals surface area contributed by atoms with Gasteiger partial charge in [-0.1, -0.05) is 11.6 Å². The number of carbonyl (C=O) groups excluding carboxylic acids is 2. The van der Waals surface area contributed by atoms with Crippen molar-refractivity contribution in [1.82, 2.24) is 20.0 Å². The van der Waals surface area contributed by atoms with Crippen LogP contribution in [-0.4, -0.2) is 45.8 Å². The van der Waals surface area contributed by atoms with Gasteiger partial charge in [-0.3, -0.25) is 14.3 Å². The van der Waals surface area contributed by atoms with Crippen LogP contribution in [0.1, 0.15) is 16.6 Å². The van der Waals surface area contributed by atoms with Crippen molar-refractivity contribution in [2.24, 2.45) is 7.05 Å². The third-order valence-corrected chi connectivity index (χ3v) is 4.67. The first kappa shape index (κ1) is 14.2. The highest BCUT2D eigenvalue weighted by Gasteiger charge is 2.37. The highest BCUT2D eigenvalue weighted by molar-refractivity contribution is 8.00. The van der Waals surface area contributed by atoms with Crippen LogP contribution < -0.4 is 5.32 Å². The van der Waals surface area contributed by atoms with Crippen molar-refractivity contribution >= 4 is 35.2 Å². The van der Waals surface area contributed by atoms with Crippen molar-refractivity contribution in [3.63, 3.8) is 0 Å². The Kier molecular flexibility index (Phi) is 4.05. The second-order valence-electron chi connectivity index (χ2n) is 4.27. The first-order valence-corrected chi connectivity index (χ1v) is 7.19. The molecule has 0 spiro atoms. The molecule has 2 amide bonds. The molecule has 1 atom stereocenters. The number of hydrogen-bond acceptors (Lipinski definition) is 4. The molecule has 1 fully saturated rings.